The summed E-state index contributed by atoms with van der Waals surface area (Å²) in [5.74, 6) is 0. The van der Waals surface area contributed by atoms with Crippen LogP contribution < -0.4 is 5.32 Å². The highest BCUT2D eigenvalue weighted by molar-refractivity contribution is 7.17. The first-order chi connectivity index (χ1) is 15.5. The molecular formula is C24H25N3O4S. The second kappa shape index (κ2) is 10.2. The Bertz CT molecular complexity index is 1230. The standard InChI is InChI=1S/C22H19N3O4S.C2H6/c1-14(29-2)20-19(13-26)30-22(25(27)28)21(20)23-16-9-8-15-10-11-24(18(15)12-16)17-6-4-3-5-7-17;1-2/h3-14,23H,1-2H3;1-2H3. The summed E-state index contributed by atoms with van der Waals surface area (Å²) in [5, 5.41) is 15.7. The lowest BCUT2D eigenvalue weighted by Gasteiger charge is -2.14. The van der Waals surface area contributed by atoms with Gasteiger partial charge in [0, 0.05) is 35.6 Å². The van der Waals surface area contributed by atoms with Gasteiger partial charge >= 0.3 is 5.00 Å². The number of methoxy groups -OCH3 is 1. The molecule has 0 fully saturated rings. The molecule has 1 atom stereocenters. The summed E-state index contributed by atoms with van der Waals surface area (Å²) in [6, 6.07) is 17.7. The average molecular weight is 452 g/mol. The highest BCUT2D eigenvalue weighted by Crippen LogP contribution is 2.44. The molecule has 166 valence electrons. The summed E-state index contributed by atoms with van der Waals surface area (Å²) >= 11 is 0.848. The smallest absolute Gasteiger partial charge is 0.348 e. The van der Waals surface area contributed by atoms with Crippen molar-refractivity contribution in [3.05, 3.63) is 81.3 Å². The third kappa shape index (κ3) is 4.42. The molecule has 0 aliphatic rings. The second-order valence-corrected chi connectivity index (χ2v) is 7.76. The minimum Gasteiger partial charge on any atom is -0.377 e. The van der Waals surface area contributed by atoms with Gasteiger partial charge in [-0.05, 0) is 37.3 Å². The van der Waals surface area contributed by atoms with Crippen molar-refractivity contribution in [2.24, 2.45) is 0 Å². The predicted molar refractivity (Wildman–Crippen MR) is 130 cm³/mol. The molecule has 0 bridgehead atoms. The fraction of sp³-hybridized carbons (Fsp3) is 0.208. The molecule has 0 saturated carbocycles. The van der Waals surface area contributed by atoms with Gasteiger partial charge in [-0.1, -0.05) is 49.4 Å². The Kier molecular flexibility index (Phi) is 7.40. The molecule has 1 unspecified atom stereocenters. The van der Waals surface area contributed by atoms with Gasteiger partial charge < -0.3 is 14.6 Å². The van der Waals surface area contributed by atoms with E-state index in [-0.39, 0.29) is 9.88 Å². The number of benzene rings is 2. The monoisotopic (exact) mass is 451 g/mol. The van der Waals surface area contributed by atoms with Gasteiger partial charge in [0.2, 0.25) is 0 Å². The molecule has 0 aliphatic heterocycles. The number of hydrogen-bond donors (Lipinski definition) is 1. The van der Waals surface area contributed by atoms with Crippen LogP contribution in [0.2, 0.25) is 0 Å². The topological polar surface area (TPSA) is 86.4 Å². The fourth-order valence-electron chi connectivity index (χ4n) is 3.47. The number of nitro groups is 1. The highest BCUT2D eigenvalue weighted by Gasteiger charge is 2.29. The summed E-state index contributed by atoms with van der Waals surface area (Å²) in [6.07, 6.45) is 2.14. The van der Waals surface area contributed by atoms with E-state index in [0.717, 1.165) is 27.9 Å². The number of rotatable bonds is 7. The van der Waals surface area contributed by atoms with Gasteiger partial charge in [0.25, 0.3) is 0 Å². The number of nitrogens with zero attached hydrogens (tertiary/aromatic N) is 2. The van der Waals surface area contributed by atoms with Crippen LogP contribution in [0.3, 0.4) is 0 Å². The summed E-state index contributed by atoms with van der Waals surface area (Å²) in [7, 11) is 1.51. The number of aromatic nitrogens is 1. The largest absolute Gasteiger partial charge is 0.377 e. The molecule has 2 aromatic carbocycles. The fourth-order valence-corrected chi connectivity index (χ4v) is 4.44. The molecule has 0 amide bonds. The molecule has 0 saturated heterocycles. The Morgan fingerprint density at radius 1 is 1.16 bits per heavy atom. The number of thiophene rings is 1. The molecule has 7 nitrogen and oxygen atoms in total. The van der Waals surface area contributed by atoms with E-state index in [1.54, 1.807) is 6.92 Å². The van der Waals surface area contributed by atoms with Crippen molar-refractivity contribution in [2.45, 2.75) is 26.9 Å². The molecular weight excluding hydrogens is 426 g/mol. The van der Waals surface area contributed by atoms with Crippen LogP contribution >= 0.6 is 11.3 Å². The molecule has 4 rings (SSSR count). The van der Waals surface area contributed by atoms with E-state index in [1.165, 1.54) is 7.11 Å². The Morgan fingerprint density at radius 2 is 1.88 bits per heavy atom. The van der Waals surface area contributed by atoms with E-state index in [1.807, 2.05) is 74.6 Å². The number of ether oxygens (including phenoxy) is 1. The van der Waals surface area contributed by atoms with Crippen molar-refractivity contribution >= 4 is 44.9 Å². The van der Waals surface area contributed by atoms with Crippen LogP contribution in [0.25, 0.3) is 16.6 Å². The molecule has 2 aromatic heterocycles. The Labute approximate surface area is 190 Å². The zero-order valence-electron chi connectivity index (χ0n) is 18.4. The third-order valence-corrected chi connectivity index (χ3v) is 6.07. The summed E-state index contributed by atoms with van der Waals surface area (Å²) in [4.78, 5) is 23.0. The van der Waals surface area contributed by atoms with Crippen LogP contribution in [0.5, 0.6) is 0 Å². The maximum atomic E-state index is 11.6. The number of carbonyl (C=O) groups is 1. The van der Waals surface area contributed by atoms with E-state index < -0.39 is 11.0 Å². The van der Waals surface area contributed by atoms with Gasteiger partial charge in [0.15, 0.2) is 6.29 Å². The molecule has 0 radical (unpaired) electrons. The molecule has 0 aliphatic carbocycles. The first kappa shape index (κ1) is 23.2. The normalized spacial score (nSPS) is 11.5. The number of anilines is 2. The molecule has 2 heterocycles. The Morgan fingerprint density at radius 3 is 2.50 bits per heavy atom. The Balaban J connectivity index is 0.00000141. The van der Waals surface area contributed by atoms with Crippen LogP contribution in [0, 0.1) is 10.1 Å². The van der Waals surface area contributed by atoms with E-state index in [4.69, 9.17) is 4.74 Å². The van der Waals surface area contributed by atoms with Crippen LogP contribution in [0.15, 0.2) is 60.8 Å². The van der Waals surface area contributed by atoms with Gasteiger partial charge in [-0.15, -0.1) is 0 Å². The van der Waals surface area contributed by atoms with Crippen molar-refractivity contribution in [2.75, 3.05) is 12.4 Å². The van der Waals surface area contributed by atoms with E-state index in [2.05, 4.69) is 9.88 Å². The van der Waals surface area contributed by atoms with Crippen molar-refractivity contribution in [1.82, 2.24) is 4.57 Å². The second-order valence-electron chi connectivity index (χ2n) is 6.73. The maximum absolute atomic E-state index is 11.6. The number of aldehydes is 1. The quantitative estimate of drug-likeness (QED) is 0.188. The summed E-state index contributed by atoms with van der Waals surface area (Å²) in [5.41, 5.74) is 3.44. The van der Waals surface area contributed by atoms with E-state index >= 15 is 0 Å². The van der Waals surface area contributed by atoms with E-state index in [9.17, 15) is 14.9 Å². The molecule has 32 heavy (non-hydrogen) atoms. The van der Waals surface area contributed by atoms with Crippen LogP contribution in [-0.2, 0) is 4.74 Å². The number of hydrogen-bond acceptors (Lipinski definition) is 6. The van der Waals surface area contributed by atoms with Gasteiger partial charge in [0.1, 0.15) is 5.69 Å². The van der Waals surface area contributed by atoms with Gasteiger partial charge in [-0.25, -0.2) is 0 Å². The van der Waals surface area contributed by atoms with Crippen LogP contribution in [0.4, 0.5) is 16.4 Å². The van der Waals surface area contributed by atoms with Crippen molar-refractivity contribution in [3.8, 4) is 5.69 Å². The predicted octanol–water partition coefficient (Wildman–Crippen LogP) is 6.89. The third-order valence-electron chi connectivity index (χ3n) is 4.99. The van der Waals surface area contributed by atoms with Crippen molar-refractivity contribution in [3.63, 3.8) is 0 Å². The van der Waals surface area contributed by atoms with Crippen LogP contribution in [0.1, 0.15) is 42.1 Å². The lowest BCUT2D eigenvalue weighted by molar-refractivity contribution is -0.379. The molecule has 0 spiro atoms. The summed E-state index contributed by atoms with van der Waals surface area (Å²) in [6.45, 7) is 5.76. The SMILES string of the molecule is CC.COC(C)c1c(C=O)sc([N+](=O)[O-])c1Nc1ccc2ccn(-c3ccccc3)c2c1. The minimum atomic E-state index is -0.477. The first-order valence-electron chi connectivity index (χ1n) is 10.3. The molecule has 8 heteroatoms. The minimum absolute atomic E-state index is 0.116. The van der Waals surface area contributed by atoms with Gasteiger partial charge in [0.05, 0.1) is 21.4 Å². The lowest BCUT2D eigenvalue weighted by atomic mass is 10.1. The highest BCUT2D eigenvalue weighted by atomic mass is 32.1. The zero-order chi connectivity index (χ0) is 23.3. The number of carbonyl (C=O) groups excluding carboxylic acids is 1. The van der Waals surface area contributed by atoms with E-state index in [0.29, 0.717) is 23.2 Å². The number of nitrogens with one attached hydrogen (secondary N) is 1. The van der Waals surface area contributed by atoms with Crippen LogP contribution in [-0.4, -0.2) is 22.9 Å². The summed E-state index contributed by atoms with van der Waals surface area (Å²) < 4.78 is 7.42. The zero-order valence-corrected chi connectivity index (χ0v) is 19.2. The number of fused-ring (bicyclic) bond motifs is 1. The number of para-hydroxylation sites is 1. The van der Waals surface area contributed by atoms with Gasteiger partial charge in [-0.3, -0.25) is 14.9 Å². The lowest BCUT2D eigenvalue weighted by Crippen LogP contribution is -2.03. The average Bonchev–Trinajstić information content (AvgIpc) is 3.41. The molecule has 1 N–H and O–H groups in total. The maximum Gasteiger partial charge on any atom is 0.348 e. The molecule has 4 aromatic rings. The van der Waals surface area contributed by atoms with Crippen molar-refractivity contribution < 1.29 is 14.5 Å². The van der Waals surface area contributed by atoms with Gasteiger partial charge in [-0.2, -0.15) is 0 Å². The van der Waals surface area contributed by atoms with Crippen molar-refractivity contribution in [1.29, 1.82) is 0 Å². The first-order valence-corrected chi connectivity index (χ1v) is 11.1. The Hall–Kier alpha value is -3.49.